The molecule has 6 heteroatoms. The highest BCUT2D eigenvalue weighted by Crippen LogP contribution is 2.27. The number of thiophene rings is 1. The molecule has 0 fully saturated rings. The van der Waals surface area contributed by atoms with Crippen LogP contribution in [0, 0.1) is 0 Å². The summed E-state index contributed by atoms with van der Waals surface area (Å²) in [6.45, 7) is 6.59. The van der Waals surface area contributed by atoms with Gasteiger partial charge in [0.15, 0.2) is 5.76 Å². The average Bonchev–Trinajstić information content (AvgIpc) is 3.17. The first-order chi connectivity index (χ1) is 13.9. The zero-order valence-electron chi connectivity index (χ0n) is 17.1. The predicted octanol–water partition coefficient (Wildman–Crippen LogP) is 5.53. The molecule has 0 aliphatic carbocycles. The molecule has 150 valence electrons. The number of methoxy groups -OCH3 is 1. The van der Waals surface area contributed by atoms with Gasteiger partial charge in [-0.1, -0.05) is 11.2 Å². The van der Waals surface area contributed by atoms with E-state index in [1.165, 1.54) is 4.70 Å². The average molecular weight is 409 g/mol. The van der Waals surface area contributed by atoms with Gasteiger partial charge in [0.25, 0.3) is 0 Å². The maximum absolute atomic E-state index is 6.20. The van der Waals surface area contributed by atoms with E-state index in [9.17, 15) is 0 Å². The molecule has 0 amide bonds. The molecular formula is C23H24N2O3S. The van der Waals surface area contributed by atoms with E-state index in [-0.39, 0.29) is 5.60 Å². The molecule has 5 nitrogen and oxygen atoms in total. The van der Waals surface area contributed by atoms with Crippen molar-refractivity contribution in [2.24, 2.45) is 5.16 Å². The van der Waals surface area contributed by atoms with Crippen molar-refractivity contribution >= 4 is 32.4 Å². The Balaban J connectivity index is 1.87. The minimum atomic E-state index is -0.388. The third kappa shape index (κ3) is 4.49. The summed E-state index contributed by atoms with van der Waals surface area (Å²) < 4.78 is 12.6. The Labute approximate surface area is 173 Å². The van der Waals surface area contributed by atoms with Crippen LogP contribution >= 0.6 is 11.3 Å². The molecule has 0 N–H and O–H groups in total. The van der Waals surface area contributed by atoms with E-state index >= 15 is 0 Å². The van der Waals surface area contributed by atoms with Gasteiger partial charge in [0, 0.05) is 34.8 Å². The van der Waals surface area contributed by atoms with Crippen LogP contribution in [0.2, 0.25) is 0 Å². The van der Waals surface area contributed by atoms with Crippen LogP contribution in [0.15, 0.2) is 57.5 Å². The van der Waals surface area contributed by atoms with Gasteiger partial charge >= 0.3 is 0 Å². The fourth-order valence-electron chi connectivity index (χ4n) is 2.97. The van der Waals surface area contributed by atoms with Gasteiger partial charge in [0.2, 0.25) is 0 Å². The maximum atomic E-state index is 6.20. The van der Waals surface area contributed by atoms with Crippen molar-refractivity contribution in [2.45, 2.75) is 32.8 Å². The lowest BCUT2D eigenvalue weighted by molar-refractivity contribution is -0.00585. The van der Waals surface area contributed by atoms with Gasteiger partial charge in [0.05, 0.1) is 6.61 Å². The van der Waals surface area contributed by atoms with E-state index in [0.717, 1.165) is 39.4 Å². The molecule has 29 heavy (non-hydrogen) atoms. The second-order valence-electron chi connectivity index (χ2n) is 7.89. The zero-order valence-corrected chi connectivity index (χ0v) is 17.9. The van der Waals surface area contributed by atoms with E-state index in [1.807, 2.05) is 45.2 Å². The summed E-state index contributed by atoms with van der Waals surface area (Å²) in [6.07, 6.45) is 2.70. The highest BCUT2D eigenvalue weighted by Gasteiger charge is 2.13. The highest BCUT2D eigenvalue weighted by atomic mass is 32.1. The van der Waals surface area contributed by atoms with E-state index in [2.05, 4.69) is 33.7 Å². The summed E-state index contributed by atoms with van der Waals surface area (Å²) in [5.74, 6) is 0.661. The fourth-order valence-corrected chi connectivity index (χ4v) is 3.77. The molecule has 1 aromatic carbocycles. The minimum Gasteiger partial charge on any atom is -0.454 e. The molecule has 0 spiro atoms. The number of rotatable bonds is 5. The van der Waals surface area contributed by atoms with Crippen LogP contribution in [0.3, 0.4) is 0 Å². The molecule has 0 aliphatic heterocycles. The molecule has 3 heterocycles. The molecule has 0 saturated heterocycles. The quantitative estimate of drug-likeness (QED) is 0.408. The van der Waals surface area contributed by atoms with Crippen molar-refractivity contribution in [3.8, 4) is 11.5 Å². The molecule has 3 aromatic heterocycles. The van der Waals surface area contributed by atoms with Gasteiger partial charge in [0.1, 0.15) is 22.2 Å². The highest BCUT2D eigenvalue weighted by molar-refractivity contribution is 7.17. The Bertz CT molecular complexity index is 1220. The molecule has 0 bridgehead atoms. The Morgan fingerprint density at radius 1 is 1.14 bits per heavy atom. The normalized spacial score (nSPS) is 12.8. The third-order valence-corrected chi connectivity index (χ3v) is 5.29. The van der Waals surface area contributed by atoms with Crippen molar-refractivity contribution in [1.82, 2.24) is 4.98 Å². The van der Waals surface area contributed by atoms with Crippen molar-refractivity contribution in [2.75, 3.05) is 13.7 Å². The minimum absolute atomic E-state index is 0.388. The SMILES string of the molecule is COCCc1ccc2oc(-c3cc4sccc4cn3)c/c(=N\OC(C)(C)C)c2c1. The number of hydrogen-bond donors (Lipinski definition) is 0. The summed E-state index contributed by atoms with van der Waals surface area (Å²) in [7, 11) is 1.71. The Morgan fingerprint density at radius 2 is 2.00 bits per heavy atom. The zero-order chi connectivity index (χ0) is 20.4. The monoisotopic (exact) mass is 408 g/mol. The molecular weight excluding hydrogens is 384 g/mol. The first kappa shape index (κ1) is 19.6. The molecule has 0 saturated carbocycles. The lowest BCUT2D eigenvalue weighted by Gasteiger charge is -2.15. The number of pyridine rings is 1. The molecule has 4 rings (SSSR count). The van der Waals surface area contributed by atoms with Gasteiger partial charge < -0.3 is 14.0 Å². The summed E-state index contributed by atoms with van der Waals surface area (Å²) in [6, 6.07) is 12.1. The third-order valence-electron chi connectivity index (χ3n) is 4.41. The van der Waals surface area contributed by atoms with Gasteiger partial charge in [-0.3, -0.25) is 4.98 Å². The standard InChI is InChI=1S/C23H24N2O3S/c1-23(2,3)28-25-18-12-21(19-13-22-16(14-24-19)8-10-29-22)27-20-6-5-15(7-9-26-4)11-17(18)20/h5-6,8,10-14H,7,9H2,1-4H3/b25-18+. The van der Waals surface area contributed by atoms with Gasteiger partial charge in [-0.15, -0.1) is 11.3 Å². The summed E-state index contributed by atoms with van der Waals surface area (Å²) in [5, 5.41) is 9.27. The first-order valence-corrected chi connectivity index (χ1v) is 10.4. The Morgan fingerprint density at radius 3 is 2.79 bits per heavy atom. The first-order valence-electron chi connectivity index (χ1n) is 9.54. The summed E-state index contributed by atoms with van der Waals surface area (Å²) in [4.78, 5) is 10.3. The molecule has 4 aromatic rings. The van der Waals surface area contributed by atoms with E-state index < -0.39 is 0 Å². The largest absolute Gasteiger partial charge is 0.454 e. The van der Waals surface area contributed by atoms with Crippen LogP contribution in [0.25, 0.3) is 32.5 Å². The number of ether oxygens (including phenoxy) is 1. The number of nitrogens with zero attached hydrogens (tertiary/aromatic N) is 2. The maximum Gasteiger partial charge on any atom is 0.155 e. The summed E-state index contributed by atoms with van der Waals surface area (Å²) in [5.41, 5.74) is 2.29. The van der Waals surface area contributed by atoms with Gasteiger partial charge in [-0.2, -0.15) is 0 Å². The number of benzene rings is 1. The summed E-state index contributed by atoms with van der Waals surface area (Å²) >= 11 is 1.69. The van der Waals surface area contributed by atoms with Crippen molar-refractivity contribution in [1.29, 1.82) is 0 Å². The molecule has 0 aliphatic rings. The van der Waals surface area contributed by atoms with Crippen LogP contribution in [-0.4, -0.2) is 24.3 Å². The van der Waals surface area contributed by atoms with Crippen molar-refractivity contribution in [3.05, 3.63) is 58.9 Å². The lowest BCUT2D eigenvalue weighted by Crippen LogP contribution is -2.18. The Kier molecular flexibility index (Phi) is 5.39. The smallest absolute Gasteiger partial charge is 0.155 e. The van der Waals surface area contributed by atoms with Gasteiger partial charge in [-0.05, 0) is 62.4 Å². The second kappa shape index (κ2) is 7.97. The van der Waals surface area contributed by atoms with Crippen LogP contribution in [0.4, 0.5) is 0 Å². The van der Waals surface area contributed by atoms with Crippen LogP contribution in [0.5, 0.6) is 0 Å². The predicted molar refractivity (Wildman–Crippen MR) is 117 cm³/mol. The fraction of sp³-hybridized carbons (Fsp3) is 0.304. The van der Waals surface area contributed by atoms with Crippen LogP contribution < -0.4 is 5.36 Å². The van der Waals surface area contributed by atoms with Gasteiger partial charge in [-0.25, -0.2) is 0 Å². The number of fused-ring (bicyclic) bond motifs is 2. The lowest BCUT2D eigenvalue weighted by atomic mass is 10.1. The second-order valence-corrected chi connectivity index (χ2v) is 8.84. The van der Waals surface area contributed by atoms with Crippen LogP contribution in [0.1, 0.15) is 26.3 Å². The Hall–Kier alpha value is -2.70. The van der Waals surface area contributed by atoms with E-state index in [1.54, 1.807) is 18.4 Å². The molecule has 0 atom stereocenters. The number of aromatic nitrogens is 1. The number of hydrogen-bond acceptors (Lipinski definition) is 6. The van der Waals surface area contributed by atoms with E-state index in [0.29, 0.717) is 12.4 Å². The molecule has 0 radical (unpaired) electrons. The van der Waals surface area contributed by atoms with Crippen molar-refractivity contribution in [3.63, 3.8) is 0 Å². The topological polar surface area (TPSA) is 56.9 Å². The molecule has 0 unspecified atom stereocenters. The van der Waals surface area contributed by atoms with Crippen LogP contribution in [-0.2, 0) is 16.0 Å². The van der Waals surface area contributed by atoms with E-state index in [4.69, 9.17) is 14.0 Å². The van der Waals surface area contributed by atoms with Crippen molar-refractivity contribution < 1.29 is 14.0 Å².